The Morgan fingerprint density at radius 1 is 0.512 bits per heavy atom. The predicted octanol–water partition coefficient (Wildman–Crippen LogP) is 9.79. The normalized spacial score (nSPS) is 11.5. The standard InChI is InChI=1S/C39H26FN3/c40-32-15-12-28(13-16-32)29-14-18-33-30(25-29)19-21-42-39(33)31-7-5-6-26(23-31)22-27-11-17-35-34-8-1-2-9-36(34)43(37(35)24-27)38-10-3-4-20-41-38/h1-21,23-25H,22H2. The van der Waals surface area contributed by atoms with E-state index in [1.54, 1.807) is 0 Å². The van der Waals surface area contributed by atoms with Crippen LogP contribution in [-0.2, 0) is 6.42 Å². The SMILES string of the molecule is Fc1ccc(-c2ccc3c(-c4cccc(Cc5ccc6c7ccccc7n(-c7ccccn7)c6c5)c4)nccc3c2)cc1. The van der Waals surface area contributed by atoms with Gasteiger partial charge in [-0.2, -0.15) is 0 Å². The van der Waals surface area contributed by atoms with Crippen LogP contribution in [0, 0.1) is 5.82 Å². The molecule has 0 saturated carbocycles. The quantitative estimate of drug-likeness (QED) is 0.212. The topological polar surface area (TPSA) is 30.7 Å². The van der Waals surface area contributed by atoms with E-state index in [0.717, 1.165) is 56.4 Å². The van der Waals surface area contributed by atoms with Crippen LogP contribution in [0.5, 0.6) is 0 Å². The molecule has 0 radical (unpaired) electrons. The van der Waals surface area contributed by atoms with Crippen molar-refractivity contribution in [2.24, 2.45) is 0 Å². The molecule has 0 fully saturated rings. The molecule has 0 amide bonds. The van der Waals surface area contributed by atoms with Crippen LogP contribution < -0.4 is 0 Å². The maximum atomic E-state index is 13.5. The molecular weight excluding hydrogens is 529 g/mol. The van der Waals surface area contributed by atoms with Gasteiger partial charge >= 0.3 is 0 Å². The maximum Gasteiger partial charge on any atom is 0.137 e. The lowest BCUT2D eigenvalue weighted by atomic mass is 9.96. The van der Waals surface area contributed by atoms with Crippen molar-refractivity contribution in [1.82, 2.24) is 14.5 Å². The number of para-hydroxylation sites is 1. The molecule has 0 atom stereocenters. The molecule has 3 nitrogen and oxygen atoms in total. The second kappa shape index (κ2) is 10.3. The Morgan fingerprint density at radius 2 is 1.30 bits per heavy atom. The van der Waals surface area contributed by atoms with Crippen LogP contribution >= 0.6 is 0 Å². The minimum atomic E-state index is -0.230. The Bertz CT molecular complexity index is 2270. The fourth-order valence-corrected chi connectivity index (χ4v) is 6.15. The molecule has 43 heavy (non-hydrogen) atoms. The molecule has 0 bridgehead atoms. The summed E-state index contributed by atoms with van der Waals surface area (Å²) in [6, 6.07) is 45.0. The van der Waals surface area contributed by atoms with E-state index in [1.165, 1.54) is 34.0 Å². The van der Waals surface area contributed by atoms with Crippen LogP contribution in [0.25, 0.3) is 60.8 Å². The summed E-state index contributed by atoms with van der Waals surface area (Å²) in [7, 11) is 0. The average molecular weight is 556 g/mol. The van der Waals surface area contributed by atoms with Crippen molar-refractivity contribution in [3.63, 3.8) is 0 Å². The minimum Gasteiger partial charge on any atom is -0.294 e. The van der Waals surface area contributed by atoms with Crippen molar-refractivity contribution >= 4 is 32.6 Å². The summed E-state index contributed by atoms with van der Waals surface area (Å²) in [4.78, 5) is 9.46. The smallest absolute Gasteiger partial charge is 0.137 e. The van der Waals surface area contributed by atoms with Gasteiger partial charge in [0, 0.05) is 34.1 Å². The highest BCUT2D eigenvalue weighted by Crippen LogP contribution is 2.34. The minimum absolute atomic E-state index is 0.230. The number of aromatic nitrogens is 3. The van der Waals surface area contributed by atoms with Crippen LogP contribution in [0.4, 0.5) is 4.39 Å². The Kier molecular flexibility index (Phi) is 6.04. The summed E-state index contributed by atoms with van der Waals surface area (Å²) in [5, 5.41) is 4.64. The van der Waals surface area contributed by atoms with Gasteiger partial charge in [-0.25, -0.2) is 9.37 Å². The van der Waals surface area contributed by atoms with Crippen molar-refractivity contribution in [2.45, 2.75) is 6.42 Å². The van der Waals surface area contributed by atoms with Gasteiger partial charge in [0.05, 0.1) is 16.7 Å². The third-order valence-electron chi connectivity index (χ3n) is 8.17. The molecule has 3 aromatic heterocycles. The average Bonchev–Trinajstić information content (AvgIpc) is 3.38. The Balaban J connectivity index is 1.17. The number of fused-ring (bicyclic) bond motifs is 4. The Hall–Kier alpha value is -5.61. The zero-order chi connectivity index (χ0) is 28.8. The van der Waals surface area contributed by atoms with Crippen LogP contribution in [-0.4, -0.2) is 14.5 Å². The molecule has 8 aromatic rings. The first-order chi connectivity index (χ1) is 21.2. The number of pyridine rings is 2. The van der Waals surface area contributed by atoms with Crippen molar-refractivity contribution in [3.8, 4) is 28.2 Å². The van der Waals surface area contributed by atoms with E-state index >= 15 is 0 Å². The molecular formula is C39H26FN3. The molecule has 0 unspecified atom stereocenters. The number of hydrogen-bond acceptors (Lipinski definition) is 2. The van der Waals surface area contributed by atoms with E-state index in [4.69, 9.17) is 4.98 Å². The second-order valence-corrected chi connectivity index (χ2v) is 10.9. The summed E-state index contributed by atoms with van der Waals surface area (Å²) in [6.07, 6.45) is 4.51. The van der Waals surface area contributed by atoms with E-state index in [9.17, 15) is 4.39 Å². The predicted molar refractivity (Wildman–Crippen MR) is 174 cm³/mol. The first-order valence-electron chi connectivity index (χ1n) is 14.4. The highest BCUT2D eigenvalue weighted by atomic mass is 19.1. The van der Waals surface area contributed by atoms with E-state index < -0.39 is 0 Å². The monoisotopic (exact) mass is 555 g/mol. The fraction of sp³-hybridized carbons (Fsp3) is 0.0256. The Morgan fingerprint density at radius 3 is 2.19 bits per heavy atom. The molecule has 0 aliphatic heterocycles. The van der Waals surface area contributed by atoms with Gasteiger partial charge in [0.25, 0.3) is 0 Å². The lowest BCUT2D eigenvalue weighted by Crippen LogP contribution is -1.97. The molecule has 0 aliphatic rings. The molecule has 0 N–H and O–H groups in total. The number of hydrogen-bond donors (Lipinski definition) is 0. The highest BCUT2D eigenvalue weighted by Gasteiger charge is 2.14. The molecule has 5 aromatic carbocycles. The van der Waals surface area contributed by atoms with Gasteiger partial charge in [-0.05, 0) is 88.7 Å². The fourth-order valence-electron chi connectivity index (χ4n) is 6.15. The van der Waals surface area contributed by atoms with E-state index in [-0.39, 0.29) is 5.82 Å². The summed E-state index contributed by atoms with van der Waals surface area (Å²) in [6.45, 7) is 0. The molecule has 204 valence electrons. The summed E-state index contributed by atoms with van der Waals surface area (Å²) in [5.41, 5.74) is 8.84. The van der Waals surface area contributed by atoms with Gasteiger partial charge in [-0.1, -0.05) is 78.9 Å². The van der Waals surface area contributed by atoms with Gasteiger partial charge in [0.15, 0.2) is 0 Å². The van der Waals surface area contributed by atoms with Crippen LogP contribution in [0.1, 0.15) is 11.1 Å². The van der Waals surface area contributed by atoms with Crippen LogP contribution in [0.2, 0.25) is 0 Å². The maximum absolute atomic E-state index is 13.5. The van der Waals surface area contributed by atoms with Crippen molar-refractivity contribution in [1.29, 1.82) is 0 Å². The van der Waals surface area contributed by atoms with Crippen LogP contribution in [0.3, 0.4) is 0 Å². The van der Waals surface area contributed by atoms with Gasteiger partial charge in [-0.15, -0.1) is 0 Å². The number of rotatable bonds is 5. The largest absolute Gasteiger partial charge is 0.294 e. The number of nitrogens with zero attached hydrogens (tertiary/aromatic N) is 3. The Labute approximate surface area is 248 Å². The van der Waals surface area contributed by atoms with Gasteiger partial charge in [0.1, 0.15) is 11.6 Å². The molecule has 0 aliphatic carbocycles. The third kappa shape index (κ3) is 4.54. The second-order valence-electron chi connectivity index (χ2n) is 10.9. The zero-order valence-electron chi connectivity index (χ0n) is 23.3. The molecule has 0 saturated heterocycles. The highest BCUT2D eigenvalue weighted by molar-refractivity contribution is 6.09. The van der Waals surface area contributed by atoms with E-state index in [1.807, 2.05) is 42.7 Å². The zero-order valence-corrected chi connectivity index (χ0v) is 23.3. The lowest BCUT2D eigenvalue weighted by Gasteiger charge is -2.11. The van der Waals surface area contributed by atoms with E-state index in [2.05, 4.69) is 101 Å². The van der Waals surface area contributed by atoms with Gasteiger partial charge in [0.2, 0.25) is 0 Å². The third-order valence-corrected chi connectivity index (χ3v) is 8.17. The summed E-state index contributed by atoms with van der Waals surface area (Å²) in [5.74, 6) is 0.684. The van der Waals surface area contributed by atoms with Crippen molar-refractivity contribution < 1.29 is 4.39 Å². The first kappa shape index (κ1) is 25.1. The number of halogens is 1. The van der Waals surface area contributed by atoms with E-state index in [0.29, 0.717) is 0 Å². The summed E-state index contributed by atoms with van der Waals surface area (Å²) < 4.78 is 15.7. The molecule has 4 heteroatoms. The molecule has 8 rings (SSSR count). The van der Waals surface area contributed by atoms with Gasteiger partial charge < -0.3 is 0 Å². The first-order valence-corrected chi connectivity index (χ1v) is 14.4. The molecule has 0 spiro atoms. The lowest BCUT2D eigenvalue weighted by molar-refractivity contribution is 0.628. The molecule has 3 heterocycles. The van der Waals surface area contributed by atoms with Gasteiger partial charge in [-0.3, -0.25) is 9.55 Å². The summed E-state index contributed by atoms with van der Waals surface area (Å²) >= 11 is 0. The van der Waals surface area contributed by atoms with Crippen LogP contribution in [0.15, 0.2) is 146 Å². The number of benzene rings is 5. The van der Waals surface area contributed by atoms with Crippen molar-refractivity contribution in [2.75, 3.05) is 0 Å². The van der Waals surface area contributed by atoms with Crippen molar-refractivity contribution in [3.05, 3.63) is 163 Å².